The number of thiazole rings is 1. The lowest BCUT2D eigenvalue weighted by Gasteiger charge is -2.09. The fourth-order valence-electron chi connectivity index (χ4n) is 2.38. The number of anilines is 1. The molecule has 1 aliphatic rings. The molecule has 0 radical (unpaired) electrons. The van der Waals surface area contributed by atoms with Crippen molar-refractivity contribution in [3.8, 4) is 5.75 Å². The van der Waals surface area contributed by atoms with Gasteiger partial charge in [0.1, 0.15) is 5.75 Å². The Morgan fingerprint density at radius 2 is 2.26 bits per heavy atom. The molecule has 0 spiro atoms. The van der Waals surface area contributed by atoms with Crippen LogP contribution in [0.15, 0.2) is 23.6 Å². The third-order valence-electron chi connectivity index (χ3n) is 3.51. The number of urea groups is 1. The van der Waals surface area contributed by atoms with Gasteiger partial charge < -0.3 is 10.1 Å². The zero-order chi connectivity index (χ0) is 16.4. The number of nitrogens with zero attached hydrogens (tertiary/aromatic N) is 2. The van der Waals surface area contributed by atoms with Crippen LogP contribution in [0.25, 0.3) is 0 Å². The van der Waals surface area contributed by atoms with Gasteiger partial charge in [-0.1, -0.05) is 17.7 Å². The summed E-state index contributed by atoms with van der Waals surface area (Å²) >= 11 is 1.35. The molecule has 0 saturated carbocycles. The van der Waals surface area contributed by atoms with Crippen LogP contribution in [0.2, 0.25) is 0 Å². The van der Waals surface area contributed by atoms with E-state index in [0.717, 1.165) is 11.1 Å². The van der Waals surface area contributed by atoms with E-state index in [2.05, 4.69) is 10.3 Å². The number of carbonyl (C=O) groups is 2. The van der Waals surface area contributed by atoms with E-state index in [0.29, 0.717) is 29.7 Å². The summed E-state index contributed by atoms with van der Waals surface area (Å²) in [7, 11) is 0. The van der Waals surface area contributed by atoms with Crippen LogP contribution >= 0.6 is 11.3 Å². The quantitative estimate of drug-likeness (QED) is 0.690. The molecule has 1 N–H and O–H groups in total. The Balaban J connectivity index is 1.64. The summed E-state index contributed by atoms with van der Waals surface area (Å²) in [4.78, 5) is 29.6. The molecular formula is C16H17N3O3S. The Kier molecular flexibility index (Phi) is 4.29. The van der Waals surface area contributed by atoms with Crippen LogP contribution in [0.5, 0.6) is 5.75 Å². The molecule has 0 atom stereocenters. The highest BCUT2D eigenvalue weighted by Gasteiger charge is 2.24. The standard InChI is InChI=1S/C16H17N3O3S/c1-10-3-4-13(11(2)7-10)22-14(20)8-12-9-23-16(18-12)19-6-5-17-15(19)21/h3-4,7,9H,5-6,8H2,1-2H3,(H,17,21). The monoisotopic (exact) mass is 331 g/mol. The van der Waals surface area contributed by atoms with Gasteiger partial charge in [-0.15, -0.1) is 11.3 Å². The predicted octanol–water partition coefficient (Wildman–Crippen LogP) is 2.44. The van der Waals surface area contributed by atoms with Gasteiger partial charge in [-0.2, -0.15) is 0 Å². The molecule has 2 aromatic rings. The highest BCUT2D eigenvalue weighted by Crippen LogP contribution is 2.23. The van der Waals surface area contributed by atoms with Gasteiger partial charge in [0, 0.05) is 18.5 Å². The topological polar surface area (TPSA) is 71.5 Å². The third-order valence-corrected chi connectivity index (χ3v) is 4.42. The number of nitrogens with one attached hydrogen (secondary N) is 1. The van der Waals surface area contributed by atoms with Crippen LogP contribution in [0.1, 0.15) is 16.8 Å². The van der Waals surface area contributed by atoms with Gasteiger partial charge in [-0.25, -0.2) is 9.78 Å². The molecule has 0 aliphatic carbocycles. The van der Waals surface area contributed by atoms with Crippen LogP contribution in [-0.2, 0) is 11.2 Å². The molecule has 120 valence electrons. The summed E-state index contributed by atoms with van der Waals surface area (Å²) in [5.74, 6) is 0.203. The number of esters is 1. The Bertz CT molecular complexity index is 757. The maximum atomic E-state index is 12.1. The lowest BCUT2D eigenvalue weighted by Crippen LogP contribution is -2.27. The fraction of sp³-hybridized carbons (Fsp3) is 0.312. The summed E-state index contributed by atoms with van der Waals surface area (Å²) in [5.41, 5.74) is 2.65. The van der Waals surface area contributed by atoms with E-state index < -0.39 is 0 Å². The molecule has 6 nitrogen and oxygen atoms in total. The summed E-state index contributed by atoms with van der Waals surface area (Å²) in [5, 5.41) is 5.11. The lowest BCUT2D eigenvalue weighted by atomic mass is 10.1. The zero-order valence-electron chi connectivity index (χ0n) is 13.0. The highest BCUT2D eigenvalue weighted by atomic mass is 32.1. The Morgan fingerprint density at radius 1 is 1.43 bits per heavy atom. The molecular weight excluding hydrogens is 314 g/mol. The number of rotatable bonds is 4. The van der Waals surface area contributed by atoms with Crippen LogP contribution < -0.4 is 15.0 Å². The minimum Gasteiger partial charge on any atom is -0.426 e. The summed E-state index contributed by atoms with van der Waals surface area (Å²) in [6.07, 6.45) is 0.0826. The Morgan fingerprint density at radius 3 is 2.96 bits per heavy atom. The number of carbonyl (C=O) groups excluding carboxylic acids is 2. The van der Waals surface area contributed by atoms with E-state index in [1.54, 1.807) is 16.3 Å². The fourth-order valence-corrected chi connectivity index (χ4v) is 3.22. The molecule has 1 fully saturated rings. The van der Waals surface area contributed by atoms with Gasteiger partial charge in [0.05, 0.1) is 12.1 Å². The van der Waals surface area contributed by atoms with Gasteiger partial charge in [-0.05, 0) is 25.5 Å². The van der Waals surface area contributed by atoms with Gasteiger partial charge in [0.15, 0.2) is 5.13 Å². The van der Waals surface area contributed by atoms with Crippen molar-refractivity contribution in [1.82, 2.24) is 10.3 Å². The molecule has 0 bridgehead atoms. The molecule has 1 aromatic carbocycles. The zero-order valence-corrected chi connectivity index (χ0v) is 13.8. The molecule has 23 heavy (non-hydrogen) atoms. The average Bonchev–Trinajstić information content (AvgIpc) is 3.10. The van der Waals surface area contributed by atoms with Gasteiger partial charge >= 0.3 is 12.0 Å². The second-order valence-electron chi connectivity index (χ2n) is 5.42. The van der Waals surface area contributed by atoms with Crippen LogP contribution in [0.4, 0.5) is 9.93 Å². The minimum atomic E-state index is -0.361. The predicted molar refractivity (Wildman–Crippen MR) is 88.1 cm³/mol. The van der Waals surface area contributed by atoms with E-state index in [1.807, 2.05) is 26.0 Å². The van der Waals surface area contributed by atoms with Crippen molar-refractivity contribution >= 4 is 28.5 Å². The van der Waals surface area contributed by atoms with E-state index in [-0.39, 0.29) is 18.4 Å². The van der Waals surface area contributed by atoms with Crippen LogP contribution in [0, 0.1) is 13.8 Å². The van der Waals surface area contributed by atoms with Crippen molar-refractivity contribution in [2.24, 2.45) is 0 Å². The number of ether oxygens (including phenoxy) is 1. The smallest absolute Gasteiger partial charge is 0.323 e. The van der Waals surface area contributed by atoms with Crippen molar-refractivity contribution in [2.45, 2.75) is 20.3 Å². The largest absolute Gasteiger partial charge is 0.426 e. The van der Waals surface area contributed by atoms with E-state index in [1.165, 1.54) is 11.3 Å². The van der Waals surface area contributed by atoms with Gasteiger partial charge in [0.25, 0.3) is 0 Å². The SMILES string of the molecule is Cc1ccc(OC(=O)Cc2csc(N3CCNC3=O)n2)c(C)c1. The van der Waals surface area contributed by atoms with E-state index >= 15 is 0 Å². The second-order valence-corrected chi connectivity index (χ2v) is 6.26. The van der Waals surface area contributed by atoms with E-state index in [9.17, 15) is 9.59 Å². The van der Waals surface area contributed by atoms with Gasteiger partial charge in [-0.3, -0.25) is 9.69 Å². The van der Waals surface area contributed by atoms with Crippen molar-refractivity contribution in [3.05, 3.63) is 40.4 Å². The van der Waals surface area contributed by atoms with Crippen LogP contribution in [0.3, 0.4) is 0 Å². The molecule has 3 rings (SSSR count). The van der Waals surface area contributed by atoms with Crippen molar-refractivity contribution < 1.29 is 14.3 Å². The lowest BCUT2D eigenvalue weighted by molar-refractivity contribution is -0.133. The maximum Gasteiger partial charge on any atom is 0.323 e. The minimum absolute atomic E-state index is 0.0826. The van der Waals surface area contributed by atoms with Gasteiger partial charge in [0.2, 0.25) is 0 Å². The second kappa shape index (κ2) is 6.37. The third kappa shape index (κ3) is 3.50. The first-order valence-electron chi connectivity index (χ1n) is 7.30. The number of aromatic nitrogens is 1. The Hall–Kier alpha value is -2.41. The first-order chi connectivity index (χ1) is 11.0. The maximum absolute atomic E-state index is 12.1. The van der Waals surface area contributed by atoms with Crippen molar-refractivity contribution in [3.63, 3.8) is 0 Å². The molecule has 1 saturated heterocycles. The summed E-state index contributed by atoms with van der Waals surface area (Å²) in [6, 6.07) is 5.52. The number of amides is 2. The highest BCUT2D eigenvalue weighted by molar-refractivity contribution is 7.14. The number of aryl methyl sites for hydroxylation is 2. The van der Waals surface area contributed by atoms with Crippen molar-refractivity contribution in [2.75, 3.05) is 18.0 Å². The Labute approximate surface area is 138 Å². The molecule has 2 heterocycles. The molecule has 1 aromatic heterocycles. The summed E-state index contributed by atoms with van der Waals surface area (Å²) < 4.78 is 5.39. The average molecular weight is 331 g/mol. The molecule has 2 amide bonds. The van der Waals surface area contributed by atoms with E-state index in [4.69, 9.17) is 4.74 Å². The molecule has 7 heteroatoms. The first kappa shape index (κ1) is 15.5. The first-order valence-corrected chi connectivity index (χ1v) is 8.18. The number of hydrogen-bond acceptors (Lipinski definition) is 5. The molecule has 0 unspecified atom stereocenters. The summed E-state index contributed by atoms with van der Waals surface area (Å²) in [6.45, 7) is 5.10. The number of benzene rings is 1. The number of hydrogen-bond donors (Lipinski definition) is 1. The van der Waals surface area contributed by atoms with Crippen molar-refractivity contribution in [1.29, 1.82) is 0 Å². The normalized spacial score (nSPS) is 14.0. The molecule has 1 aliphatic heterocycles. The van der Waals surface area contributed by atoms with Crippen LogP contribution in [-0.4, -0.2) is 30.1 Å².